The van der Waals surface area contributed by atoms with Crippen molar-refractivity contribution in [1.82, 2.24) is 0 Å². The maximum absolute atomic E-state index is 5.16. The van der Waals surface area contributed by atoms with Crippen LogP contribution in [0.5, 0.6) is 0 Å². The summed E-state index contributed by atoms with van der Waals surface area (Å²) in [6, 6.07) is 0. The fraction of sp³-hybridized carbons (Fsp3) is 0.500. The lowest BCUT2D eigenvalue weighted by molar-refractivity contribution is 0.287. The largest absolute Gasteiger partial charge is 0.477 e. The average Bonchev–Trinajstić information content (AvgIpc) is 1.90. The van der Waals surface area contributed by atoms with Gasteiger partial charge in [0.1, 0.15) is 6.61 Å². The molecule has 48 valence electrons. The third kappa shape index (κ3) is 1.88. The zero-order chi connectivity index (χ0) is 6.69. The molecule has 0 bridgehead atoms. The van der Waals surface area contributed by atoms with Gasteiger partial charge in [0.15, 0.2) is 0 Å². The molecule has 1 fully saturated rings. The number of thioether (sulfide) groups is 1. The van der Waals surface area contributed by atoms with Gasteiger partial charge in [-0.3, -0.25) is 0 Å². The fourth-order valence-electron chi connectivity index (χ4n) is 0.523. The first kappa shape index (κ1) is 6.91. The Labute approximate surface area is 64.2 Å². The number of hydrogen-bond acceptors (Lipinski definition) is 3. The van der Waals surface area contributed by atoms with E-state index in [4.69, 9.17) is 23.4 Å². The van der Waals surface area contributed by atoms with E-state index in [1.807, 2.05) is 0 Å². The van der Waals surface area contributed by atoms with E-state index in [9.17, 15) is 0 Å². The normalized spacial score (nSPS) is 26.6. The lowest BCUT2D eigenvalue weighted by Crippen LogP contribution is -2.18. The Balaban J connectivity index is 2.37. The minimum absolute atomic E-state index is 0.252. The summed E-state index contributed by atoms with van der Waals surface area (Å²) in [5.74, 6) is 3.78. The highest BCUT2D eigenvalue weighted by Gasteiger charge is 2.14. The lowest BCUT2D eigenvalue weighted by atomic mass is 10.2. The van der Waals surface area contributed by atoms with E-state index in [-0.39, 0.29) is 5.92 Å². The number of rotatable bonds is 0. The van der Waals surface area contributed by atoms with Crippen LogP contribution in [0.25, 0.3) is 0 Å². The van der Waals surface area contributed by atoms with Crippen LogP contribution in [0.1, 0.15) is 0 Å². The average molecular weight is 158 g/mol. The highest BCUT2D eigenvalue weighted by Crippen LogP contribution is 2.17. The molecule has 0 aromatic carbocycles. The van der Waals surface area contributed by atoms with Gasteiger partial charge in [0.05, 0.1) is 5.92 Å². The van der Waals surface area contributed by atoms with E-state index < -0.39 is 0 Å². The molecule has 0 spiro atoms. The Morgan fingerprint density at radius 1 is 1.89 bits per heavy atom. The van der Waals surface area contributed by atoms with E-state index in [1.54, 1.807) is 0 Å². The second-order valence-electron chi connectivity index (χ2n) is 1.74. The molecular formula is C6H6OS2. The van der Waals surface area contributed by atoms with Crippen LogP contribution in [0.15, 0.2) is 0 Å². The summed E-state index contributed by atoms with van der Waals surface area (Å²) < 4.78 is 5.66. The quantitative estimate of drug-likeness (QED) is 0.388. The Hall–Kier alpha value is -0.200. The van der Waals surface area contributed by atoms with Gasteiger partial charge in [-0.2, -0.15) is 0 Å². The molecule has 1 heterocycles. The summed E-state index contributed by atoms with van der Waals surface area (Å²) in [5, 5.41) is 0. The monoisotopic (exact) mass is 158 g/mol. The van der Waals surface area contributed by atoms with Gasteiger partial charge < -0.3 is 4.74 Å². The molecule has 0 saturated carbocycles. The number of hydrogen-bond donors (Lipinski definition) is 0. The summed E-state index contributed by atoms with van der Waals surface area (Å²) in [7, 11) is 0. The van der Waals surface area contributed by atoms with Crippen LogP contribution in [0.2, 0.25) is 0 Å². The standard InChI is InChI=1S/C6H6OS2/c1-2-5-3-7-6(8)9-4-5/h1,5H,3-4H2. The minimum Gasteiger partial charge on any atom is -0.477 e. The Bertz CT molecular complexity index is 149. The van der Waals surface area contributed by atoms with Crippen molar-refractivity contribution in [3.05, 3.63) is 0 Å². The molecule has 1 unspecified atom stereocenters. The summed E-state index contributed by atoms with van der Waals surface area (Å²) >= 11 is 6.30. The van der Waals surface area contributed by atoms with Gasteiger partial charge in [0, 0.05) is 5.75 Å². The van der Waals surface area contributed by atoms with Crippen LogP contribution in [0.3, 0.4) is 0 Å². The number of ether oxygens (including phenoxy) is 1. The zero-order valence-electron chi connectivity index (χ0n) is 4.79. The van der Waals surface area contributed by atoms with Gasteiger partial charge in [-0.05, 0) is 12.2 Å². The molecule has 1 rings (SSSR count). The van der Waals surface area contributed by atoms with Crippen molar-refractivity contribution < 1.29 is 4.74 Å². The molecule has 0 aliphatic carbocycles. The van der Waals surface area contributed by atoms with Crippen LogP contribution in [-0.4, -0.2) is 16.7 Å². The molecular weight excluding hydrogens is 152 g/mol. The second-order valence-corrected chi connectivity index (χ2v) is 3.36. The van der Waals surface area contributed by atoms with Gasteiger partial charge in [0.25, 0.3) is 0 Å². The fourth-order valence-corrected chi connectivity index (χ4v) is 1.48. The van der Waals surface area contributed by atoms with E-state index in [2.05, 4.69) is 5.92 Å². The van der Waals surface area contributed by atoms with Gasteiger partial charge >= 0.3 is 0 Å². The molecule has 3 heteroatoms. The van der Waals surface area contributed by atoms with Gasteiger partial charge in [0.2, 0.25) is 4.38 Å². The molecule has 1 atom stereocenters. The minimum atomic E-state index is 0.252. The molecule has 0 radical (unpaired) electrons. The van der Waals surface area contributed by atoms with Crippen molar-refractivity contribution in [3.63, 3.8) is 0 Å². The van der Waals surface area contributed by atoms with Crippen molar-refractivity contribution >= 4 is 28.4 Å². The number of terminal acetylenes is 1. The van der Waals surface area contributed by atoms with Crippen molar-refractivity contribution in [2.24, 2.45) is 5.92 Å². The molecule has 1 aliphatic heterocycles. The van der Waals surface area contributed by atoms with Gasteiger partial charge in [-0.15, -0.1) is 6.42 Å². The molecule has 0 amide bonds. The first-order valence-electron chi connectivity index (χ1n) is 2.58. The third-order valence-electron chi connectivity index (χ3n) is 1.04. The van der Waals surface area contributed by atoms with Crippen LogP contribution in [0.4, 0.5) is 0 Å². The van der Waals surface area contributed by atoms with Crippen LogP contribution in [-0.2, 0) is 4.74 Å². The maximum Gasteiger partial charge on any atom is 0.220 e. The SMILES string of the molecule is C#CC1COC(=S)SC1. The first-order chi connectivity index (χ1) is 4.33. The van der Waals surface area contributed by atoms with Crippen LogP contribution in [0, 0.1) is 18.3 Å². The Morgan fingerprint density at radius 3 is 3.11 bits per heavy atom. The molecule has 1 saturated heterocycles. The third-order valence-corrected chi connectivity index (χ3v) is 2.43. The molecule has 0 aromatic rings. The van der Waals surface area contributed by atoms with Crippen molar-refractivity contribution in [2.45, 2.75) is 0 Å². The van der Waals surface area contributed by atoms with Crippen LogP contribution >= 0.6 is 24.0 Å². The lowest BCUT2D eigenvalue weighted by Gasteiger charge is -2.17. The highest BCUT2D eigenvalue weighted by molar-refractivity contribution is 8.22. The predicted molar refractivity (Wildman–Crippen MR) is 43.3 cm³/mol. The van der Waals surface area contributed by atoms with Crippen molar-refractivity contribution in [2.75, 3.05) is 12.4 Å². The van der Waals surface area contributed by atoms with Crippen LogP contribution < -0.4 is 0 Å². The smallest absolute Gasteiger partial charge is 0.220 e. The maximum atomic E-state index is 5.16. The molecule has 1 aliphatic rings. The Morgan fingerprint density at radius 2 is 2.67 bits per heavy atom. The van der Waals surface area contributed by atoms with E-state index >= 15 is 0 Å². The molecule has 9 heavy (non-hydrogen) atoms. The molecule has 0 aromatic heterocycles. The topological polar surface area (TPSA) is 9.23 Å². The summed E-state index contributed by atoms with van der Waals surface area (Å²) in [5.41, 5.74) is 0. The van der Waals surface area contributed by atoms with Crippen molar-refractivity contribution in [1.29, 1.82) is 0 Å². The highest BCUT2D eigenvalue weighted by atomic mass is 32.2. The number of thiocarbonyl (C=S) groups is 1. The summed E-state index contributed by atoms with van der Waals surface area (Å²) in [6.07, 6.45) is 5.16. The first-order valence-corrected chi connectivity index (χ1v) is 3.98. The van der Waals surface area contributed by atoms with Gasteiger partial charge in [-0.25, -0.2) is 0 Å². The molecule has 0 N–H and O–H groups in total. The zero-order valence-corrected chi connectivity index (χ0v) is 6.43. The predicted octanol–water partition coefficient (Wildman–Crippen LogP) is 1.28. The summed E-state index contributed by atoms with van der Waals surface area (Å²) in [4.78, 5) is 0. The van der Waals surface area contributed by atoms with E-state index in [0.29, 0.717) is 11.0 Å². The summed E-state index contributed by atoms with van der Waals surface area (Å²) in [6.45, 7) is 0.600. The molecule has 1 nitrogen and oxygen atoms in total. The van der Waals surface area contributed by atoms with Crippen molar-refractivity contribution in [3.8, 4) is 12.3 Å². The van der Waals surface area contributed by atoms with E-state index in [1.165, 1.54) is 11.8 Å². The van der Waals surface area contributed by atoms with Gasteiger partial charge in [-0.1, -0.05) is 17.7 Å². The Kier molecular flexibility index (Phi) is 2.38. The second kappa shape index (κ2) is 3.09. The van der Waals surface area contributed by atoms with E-state index in [0.717, 1.165) is 5.75 Å².